The average Bonchev–Trinajstić information content (AvgIpc) is 3.30. The van der Waals surface area contributed by atoms with Crippen molar-refractivity contribution in [1.82, 2.24) is 20.9 Å². The smallest absolute Gasteiger partial charge is 0.237 e. The number of likely N-dealkylation sites (tertiary alicyclic amines) is 1. The Hall–Kier alpha value is -1.44. The lowest BCUT2D eigenvalue weighted by atomic mass is 9.98. The first-order chi connectivity index (χ1) is 12.6. The van der Waals surface area contributed by atoms with Gasteiger partial charge >= 0.3 is 0 Å². The molecule has 7 heteroatoms. The number of aryl methyl sites for hydroxylation is 1. The van der Waals surface area contributed by atoms with Gasteiger partial charge < -0.3 is 16.0 Å². The molecule has 0 saturated carbocycles. The summed E-state index contributed by atoms with van der Waals surface area (Å²) in [7, 11) is 0. The second-order valence-corrected chi connectivity index (χ2v) is 8.44. The summed E-state index contributed by atoms with van der Waals surface area (Å²) in [6.45, 7) is 6.62. The maximum atomic E-state index is 12.2. The molecule has 0 bridgehead atoms. The fourth-order valence-electron chi connectivity index (χ4n) is 3.76. The number of carbonyl (C=O) groups excluding carboxylic acids is 2. The topological polar surface area (TPSA) is 73.5 Å². The van der Waals surface area contributed by atoms with Gasteiger partial charge in [0.15, 0.2) is 0 Å². The summed E-state index contributed by atoms with van der Waals surface area (Å²) in [5.41, 5.74) is 1.24. The quantitative estimate of drug-likeness (QED) is 0.668. The van der Waals surface area contributed by atoms with Crippen molar-refractivity contribution in [3.8, 4) is 0 Å². The van der Waals surface area contributed by atoms with Gasteiger partial charge in [0.25, 0.3) is 0 Å². The Balaban J connectivity index is 1.36. The van der Waals surface area contributed by atoms with E-state index in [4.69, 9.17) is 0 Å². The van der Waals surface area contributed by atoms with Gasteiger partial charge in [0.1, 0.15) is 0 Å². The lowest BCUT2D eigenvalue weighted by molar-refractivity contribution is -0.124. The highest BCUT2D eigenvalue weighted by atomic mass is 32.1. The van der Waals surface area contributed by atoms with Crippen LogP contribution in [0.5, 0.6) is 0 Å². The number of nitrogens with one attached hydrogen (secondary N) is 3. The van der Waals surface area contributed by atoms with Crippen molar-refractivity contribution < 1.29 is 9.59 Å². The lowest BCUT2D eigenvalue weighted by Gasteiger charge is -2.32. The fraction of sp³-hybridized carbons (Fsp3) is 0.684. The largest absolute Gasteiger partial charge is 0.354 e. The number of hydrogen-bond donors (Lipinski definition) is 3. The molecule has 2 amide bonds. The molecule has 3 rings (SSSR count). The summed E-state index contributed by atoms with van der Waals surface area (Å²) in [6.07, 6.45) is 4.21. The molecule has 3 N–H and O–H groups in total. The van der Waals surface area contributed by atoms with Gasteiger partial charge in [-0.15, -0.1) is 11.3 Å². The zero-order valence-corrected chi connectivity index (χ0v) is 16.4. The van der Waals surface area contributed by atoms with E-state index in [0.29, 0.717) is 25.6 Å². The van der Waals surface area contributed by atoms with E-state index in [1.807, 2.05) is 0 Å². The van der Waals surface area contributed by atoms with Gasteiger partial charge in [0, 0.05) is 18.0 Å². The second kappa shape index (κ2) is 9.48. The molecule has 3 heterocycles. The fourth-order valence-corrected chi connectivity index (χ4v) is 4.61. The van der Waals surface area contributed by atoms with Crippen LogP contribution >= 0.6 is 11.3 Å². The van der Waals surface area contributed by atoms with Crippen LogP contribution in [0.25, 0.3) is 0 Å². The standard InChI is InChI=1S/C19H30N4O2S/c1-14-6-9-26-17(14)11-21-18(24)13-23-8-3-4-15(12-23)10-22-19(25)16-5-2-7-20-16/h6,9,15-16,20H,2-5,7-8,10-13H2,1H3,(H,21,24)(H,22,25). The number of piperidine rings is 1. The van der Waals surface area contributed by atoms with E-state index in [9.17, 15) is 9.59 Å². The van der Waals surface area contributed by atoms with E-state index in [2.05, 4.69) is 39.2 Å². The summed E-state index contributed by atoms with van der Waals surface area (Å²) in [5.74, 6) is 0.641. The van der Waals surface area contributed by atoms with Crippen LogP contribution < -0.4 is 16.0 Å². The third-order valence-corrected chi connectivity index (χ3v) is 6.35. The molecule has 0 radical (unpaired) electrons. The molecule has 0 spiro atoms. The SMILES string of the molecule is Cc1ccsc1CNC(=O)CN1CCCC(CNC(=O)C2CCCN2)C1. The number of rotatable bonds is 7. The van der Waals surface area contributed by atoms with Gasteiger partial charge in [-0.3, -0.25) is 14.5 Å². The number of carbonyl (C=O) groups is 2. The van der Waals surface area contributed by atoms with Crippen LogP contribution in [-0.2, 0) is 16.1 Å². The minimum Gasteiger partial charge on any atom is -0.354 e. The molecular weight excluding hydrogens is 348 g/mol. The first-order valence-electron chi connectivity index (χ1n) is 9.65. The molecule has 0 aromatic carbocycles. The van der Waals surface area contributed by atoms with Gasteiger partial charge in [0.2, 0.25) is 11.8 Å². The molecule has 2 fully saturated rings. The van der Waals surface area contributed by atoms with Gasteiger partial charge in [-0.25, -0.2) is 0 Å². The van der Waals surface area contributed by atoms with Gasteiger partial charge in [-0.05, 0) is 68.6 Å². The predicted octanol–water partition coefficient (Wildman–Crippen LogP) is 1.25. The van der Waals surface area contributed by atoms with Crippen molar-refractivity contribution in [2.75, 3.05) is 32.7 Å². The van der Waals surface area contributed by atoms with E-state index < -0.39 is 0 Å². The first kappa shape index (κ1) is 19.3. The monoisotopic (exact) mass is 378 g/mol. The highest BCUT2D eigenvalue weighted by Crippen LogP contribution is 2.17. The third kappa shape index (κ3) is 5.53. The summed E-state index contributed by atoms with van der Waals surface area (Å²) >= 11 is 1.68. The zero-order valence-electron chi connectivity index (χ0n) is 15.6. The minimum absolute atomic E-state index is 0.0128. The molecule has 1 aromatic rings. The zero-order chi connectivity index (χ0) is 18.4. The maximum absolute atomic E-state index is 12.2. The van der Waals surface area contributed by atoms with E-state index in [1.165, 1.54) is 10.4 Å². The van der Waals surface area contributed by atoms with Crippen molar-refractivity contribution >= 4 is 23.2 Å². The molecule has 6 nitrogen and oxygen atoms in total. The second-order valence-electron chi connectivity index (χ2n) is 7.44. The Labute approximate surface area is 159 Å². The number of nitrogens with zero attached hydrogens (tertiary/aromatic N) is 1. The van der Waals surface area contributed by atoms with E-state index in [-0.39, 0.29) is 17.9 Å². The molecular formula is C19H30N4O2S. The summed E-state index contributed by atoms with van der Waals surface area (Å²) < 4.78 is 0. The predicted molar refractivity (Wildman–Crippen MR) is 104 cm³/mol. The molecule has 0 aliphatic carbocycles. The summed E-state index contributed by atoms with van der Waals surface area (Å²) in [4.78, 5) is 27.8. The number of amides is 2. The van der Waals surface area contributed by atoms with E-state index in [0.717, 1.165) is 45.3 Å². The Morgan fingerprint density at radius 3 is 2.92 bits per heavy atom. The van der Waals surface area contributed by atoms with Gasteiger partial charge in [-0.2, -0.15) is 0 Å². The number of hydrogen-bond acceptors (Lipinski definition) is 5. The highest BCUT2D eigenvalue weighted by Gasteiger charge is 2.25. The summed E-state index contributed by atoms with van der Waals surface area (Å²) in [6, 6.07) is 2.07. The minimum atomic E-state index is -0.0128. The molecule has 2 atom stereocenters. The molecule has 2 aliphatic rings. The molecule has 144 valence electrons. The Bertz CT molecular complexity index is 612. The highest BCUT2D eigenvalue weighted by molar-refractivity contribution is 7.10. The van der Waals surface area contributed by atoms with E-state index >= 15 is 0 Å². The van der Waals surface area contributed by atoms with Gasteiger partial charge in [-0.1, -0.05) is 0 Å². The lowest BCUT2D eigenvalue weighted by Crippen LogP contribution is -2.47. The van der Waals surface area contributed by atoms with Crippen molar-refractivity contribution in [3.63, 3.8) is 0 Å². The average molecular weight is 379 g/mol. The Morgan fingerprint density at radius 2 is 2.19 bits per heavy atom. The molecule has 2 unspecified atom stereocenters. The van der Waals surface area contributed by atoms with Crippen LogP contribution in [0.1, 0.15) is 36.1 Å². The Kier molecular flexibility index (Phi) is 7.05. The number of thiophene rings is 1. The van der Waals surface area contributed by atoms with Crippen molar-refractivity contribution in [3.05, 3.63) is 21.9 Å². The first-order valence-corrected chi connectivity index (χ1v) is 10.5. The van der Waals surface area contributed by atoms with Crippen LogP contribution in [-0.4, -0.2) is 55.5 Å². The van der Waals surface area contributed by atoms with Crippen molar-refractivity contribution in [1.29, 1.82) is 0 Å². The molecule has 2 aliphatic heterocycles. The molecule has 26 heavy (non-hydrogen) atoms. The maximum Gasteiger partial charge on any atom is 0.237 e. The van der Waals surface area contributed by atoms with Crippen molar-refractivity contribution in [2.24, 2.45) is 5.92 Å². The van der Waals surface area contributed by atoms with Crippen LogP contribution in [0.4, 0.5) is 0 Å². The summed E-state index contributed by atoms with van der Waals surface area (Å²) in [5, 5.41) is 11.4. The van der Waals surface area contributed by atoms with Gasteiger partial charge in [0.05, 0.1) is 19.1 Å². The normalized spacial score (nSPS) is 23.7. The van der Waals surface area contributed by atoms with Crippen molar-refractivity contribution in [2.45, 2.75) is 45.2 Å². The van der Waals surface area contributed by atoms with Crippen LogP contribution in [0, 0.1) is 12.8 Å². The van der Waals surface area contributed by atoms with Crippen LogP contribution in [0.2, 0.25) is 0 Å². The van der Waals surface area contributed by atoms with Crippen LogP contribution in [0.3, 0.4) is 0 Å². The third-order valence-electron chi connectivity index (χ3n) is 5.33. The Morgan fingerprint density at radius 1 is 1.31 bits per heavy atom. The molecule has 2 saturated heterocycles. The van der Waals surface area contributed by atoms with Crippen LogP contribution in [0.15, 0.2) is 11.4 Å². The molecule has 1 aromatic heterocycles. The van der Waals surface area contributed by atoms with E-state index in [1.54, 1.807) is 11.3 Å².